The minimum atomic E-state index is -3.12. The van der Waals surface area contributed by atoms with Gasteiger partial charge < -0.3 is 33.6 Å². The number of nitrogens with zero attached hydrogens (tertiary/aromatic N) is 1. The Morgan fingerprint density at radius 1 is 0.765 bits per heavy atom. The average Bonchev–Trinajstić information content (AvgIpc) is 3.11. The van der Waals surface area contributed by atoms with E-state index in [9.17, 15) is 14.4 Å². The number of hydrogen-bond donors (Lipinski definition) is 1. The predicted molar refractivity (Wildman–Crippen MR) is 200 cm³/mol. The van der Waals surface area contributed by atoms with Crippen molar-refractivity contribution < 1.29 is 37.8 Å². The standard InChI is InChI=1S/C40H48N2O8Si/c1-28(43)41-34-21-15-20-33(39(34)48-8)35(42(38(45)27-49-29(2)44)25-30-22-23-36(46-6)37(24-30)47-7)26-50-51(40(3,4)5,31-16-11-9-12-17-31)32-18-13-10-14-19-32/h9-24,35H,25-27H2,1-8H3,(H,41,43)/t35-/m0/s1. The molecule has 1 atom stereocenters. The molecule has 0 aromatic heterocycles. The van der Waals surface area contributed by atoms with Crippen LogP contribution in [0.4, 0.5) is 5.69 Å². The smallest absolute Gasteiger partial charge is 0.303 e. The van der Waals surface area contributed by atoms with Gasteiger partial charge in [0.25, 0.3) is 14.2 Å². The summed E-state index contributed by atoms with van der Waals surface area (Å²) in [6, 6.07) is 30.4. The molecule has 0 bridgehead atoms. The molecule has 0 aliphatic rings. The van der Waals surface area contributed by atoms with Crippen LogP contribution in [-0.4, -0.2) is 65.5 Å². The quantitative estimate of drug-likeness (QED) is 0.120. The fraction of sp³-hybridized carbons (Fsp3) is 0.325. The Bertz CT molecular complexity index is 1750. The first-order valence-electron chi connectivity index (χ1n) is 16.7. The van der Waals surface area contributed by atoms with Crippen molar-refractivity contribution in [2.24, 2.45) is 0 Å². The van der Waals surface area contributed by atoms with Crippen LogP contribution in [0.2, 0.25) is 5.04 Å². The van der Waals surface area contributed by atoms with Gasteiger partial charge in [-0.2, -0.15) is 0 Å². The summed E-state index contributed by atoms with van der Waals surface area (Å²) < 4.78 is 29.7. The number of carbonyl (C=O) groups excluding carboxylic acids is 3. The lowest BCUT2D eigenvalue weighted by atomic mass is 10.0. The van der Waals surface area contributed by atoms with E-state index in [-0.39, 0.29) is 24.1 Å². The second-order valence-electron chi connectivity index (χ2n) is 13.1. The summed E-state index contributed by atoms with van der Waals surface area (Å²) in [5.41, 5.74) is 1.77. The van der Waals surface area contributed by atoms with E-state index in [1.54, 1.807) is 43.4 Å². The highest BCUT2D eigenvalue weighted by molar-refractivity contribution is 6.99. The van der Waals surface area contributed by atoms with E-state index in [0.29, 0.717) is 28.5 Å². The Morgan fingerprint density at radius 2 is 1.37 bits per heavy atom. The summed E-state index contributed by atoms with van der Waals surface area (Å²) in [7, 11) is 1.50. The number of carbonyl (C=O) groups is 3. The zero-order valence-corrected chi connectivity index (χ0v) is 31.6. The predicted octanol–water partition coefficient (Wildman–Crippen LogP) is 5.88. The van der Waals surface area contributed by atoms with Crippen LogP contribution >= 0.6 is 0 Å². The molecule has 0 heterocycles. The number of ether oxygens (including phenoxy) is 4. The average molecular weight is 713 g/mol. The maximum atomic E-state index is 14.3. The number of rotatable bonds is 15. The van der Waals surface area contributed by atoms with Gasteiger partial charge in [0, 0.05) is 26.0 Å². The highest BCUT2D eigenvalue weighted by atomic mass is 28.4. The fourth-order valence-corrected chi connectivity index (χ4v) is 11.0. The fourth-order valence-electron chi connectivity index (χ4n) is 6.44. The lowest BCUT2D eigenvalue weighted by Gasteiger charge is -2.44. The topological polar surface area (TPSA) is 113 Å². The molecule has 0 spiro atoms. The third kappa shape index (κ3) is 8.97. The first kappa shape index (κ1) is 38.7. The number of hydrogen-bond acceptors (Lipinski definition) is 8. The van der Waals surface area contributed by atoms with Crippen LogP contribution in [0.5, 0.6) is 17.2 Å². The van der Waals surface area contributed by atoms with E-state index in [1.165, 1.54) is 21.0 Å². The molecule has 0 saturated carbocycles. The van der Waals surface area contributed by atoms with Crippen molar-refractivity contribution >= 4 is 42.2 Å². The third-order valence-electron chi connectivity index (χ3n) is 8.69. The lowest BCUT2D eigenvalue weighted by Crippen LogP contribution is -2.67. The van der Waals surface area contributed by atoms with Crippen molar-refractivity contribution in [2.75, 3.05) is 39.9 Å². The first-order chi connectivity index (χ1) is 24.4. The molecule has 0 fully saturated rings. The van der Waals surface area contributed by atoms with Crippen molar-refractivity contribution in [3.05, 3.63) is 108 Å². The van der Waals surface area contributed by atoms with E-state index < -0.39 is 32.8 Å². The van der Waals surface area contributed by atoms with E-state index in [0.717, 1.165) is 15.9 Å². The highest BCUT2D eigenvalue weighted by Gasteiger charge is 2.51. The molecule has 0 radical (unpaired) electrons. The number of amides is 2. The van der Waals surface area contributed by atoms with Crippen LogP contribution in [0.15, 0.2) is 97.1 Å². The Kier molecular flexibility index (Phi) is 13.0. The number of benzene rings is 4. The van der Waals surface area contributed by atoms with E-state index in [4.69, 9.17) is 23.4 Å². The number of para-hydroxylation sites is 1. The second kappa shape index (κ2) is 17.2. The number of nitrogens with one attached hydrogen (secondary N) is 1. The van der Waals surface area contributed by atoms with Crippen LogP contribution in [0.3, 0.4) is 0 Å². The zero-order chi connectivity index (χ0) is 37.2. The molecule has 4 aromatic rings. The Hall–Kier alpha value is -5.13. The molecule has 10 nitrogen and oxygen atoms in total. The van der Waals surface area contributed by atoms with Crippen molar-refractivity contribution in [2.45, 2.75) is 52.2 Å². The molecule has 0 saturated heterocycles. The largest absolute Gasteiger partial charge is 0.494 e. The molecule has 0 unspecified atom stereocenters. The van der Waals surface area contributed by atoms with E-state index in [1.807, 2.05) is 48.5 Å². The Morgan fingerprint density at radius 3 is 1.88 bits per heavy atom. The van der Waals surface area contributed by atoms with E-state index in [2.05, 4.69) is 50.4 Å². The van der Waals surface area contributed by atoms with E-state index >= 15 is 0 Å². The normalized spacial score (nSPS) is 12.0. The first-order valence-corrected chi connectivity index (χ1v) is 18.6. The summed E-state index contributed by atoms with van der Waals surface area (Å²) >= 11 is 0. The molecule has 4 rings (SSSR count). The van der Waals surface area contributed by atoms with Gasteiger partial charge in [0.05, 0.1) is 39.7 Å². The van der Waals surface area contributed by atoms with Crippen molar-refractivity contribution in [3.8, 4) is 17.2 Å². The van der Waals surface area contributed by atoms with Gasteiger partial charge in [-0.15, -0.1) is 0 Å². The molecule has 0 aliphatic heterocycles. The molecule has 0 aliphatic carbocycles. The van der Waals surface area contributed by atoms with Crippen molar-refractivity contribution in [1.82, 2.24) is 4.90 Å². The van der Waals surface area contributed by atoms with Crippen LogP contribution in [0.25, 0.3) is 0 Å². The van der Waals surface area contributed by atoms with Crippen LogP contribution in [0, 0.1) is 0 Å². The summed E-state index contributed by atoms with van der Waals surface area (Å²) in [4.78, 5) is 40.1. The summed E-state index contributed by atoms with van der Waals surface area (Å²) in [5, 5.41) is 4.63. The maximum absolute atomic E-state index is 14.3. The van der Waals surface area contributed by atoms with Gasteiger partial charge in [-0.05, 0) is 39.2 Å². The Balaban J connectivity index is 1.97. The molecular formula is C40H48N2O8Si. The van der Waals surface area contributed by atoms with Gasteiger partial charge in [0.2, 0.25) is 5.91 Å². The van der Waals surface area contributed by atoms with Crippen LogP contribution in [0.1, 0.15) is 51.8 Å². The van der Waals surface area contributed by atoms with Gasteiger partial charge in [-0.25, -0.2) is 0 Å². The van der Waals surface area contributed by atoms with Gasteiger partial charge in [-0.3, -0.25) is 14.4 Å². The molecular weight excluding hydrogens is 665 g/mol. The second-order valence-corrected chi connectivity index (χ2v) is 17.4. The highest BCUT2D eigenvalue weighted by Crippen LogP contribution is 2.41. The third-order valence-corrected chi connectivity index (χ3v) is 13.7. The number of esters is 1. The monoisotopic (exact) mass is 712 g/mol. The molecule has 4 aromatic carbocycles. The Labute approximate surface area is 301 Å². The zero-order valence-electron chi connectivity index (χ0n) is 30.6. The van der Waals surface area contributed by atoms with Gasteiger partial charge in [0.15, 0.2) is 18.1 Å². The van der Waals surface area contributed by atoms with Crippen molar-refractivity contribution in [1.29, 1.82) is 0 Å². The van der Waals surface area contributed by atoms with Crippen molar-refractivity contribution in [3.63, 3.8) is 0 Å². The van der Waals surface area contributed by atoms with Crippen LogP contribution < -0.4 is 29.9 Å². The summed E-state index contributed by atoms with van der Waals surface area (Å²) in [5.74, 6) is 0.0887. The van der Waals surface area contributed by atoms with Gasteiger partial charge >= 0.3 is 5.97 Å². The number of methoxy groups -OCH3 is 3. The SMILES string of the molecule is COc1ccc(CN(C(=O)COC(C)=O)[C@@H](CO[Si](c2ccccc2)(c2ccccc2)C(C)(C)C)c2cccc(NC(C)=O)c2OC)cc1OC. The molecule has 270 valence electrons. The van der Waals surface area contributed by atoms with Gasteiger partial charge in [0.1, 0.15) is 5.75 Å². The minimum absolute atomic E-state index is 0.0340. The maximum Gasteiger partial charge on any atom is 0.303 e. The lowest BCUT2D eigenvalue weighted by molar-refractivity contribution is -0.152. The summed E-state index contributed by atoms with van der Waals surface area (Å²) in [6.45, 7) is 8.84. The molecule has 1 N–H and O–H groups in total. The minimum Gasteiger partial charge on any atom is -0.494 e. The number of anilines is 1. The molecule has 2 amide bonds. The molecule has 11 heteroatoms. The van der Waals surface area contributed by atoms with Crippen LogP contribution in [-0.2, 0) is 30.1 Å². The molecule has 51 heavy (non-hydrogen) atoms. The summed E-state index contributed by atoms with van der Waals surface area (Å²) in [6.07, 6.45) is 0. The van der Waals surface area contributed by atoms with Gasteiger partial charge in [-0.1, -0.05) is 99.6 Å².